The van der Waals surface area contributed by atoms with Crippen LogP contribution in [-0.2, 0) is 7.05 Å². The van der Waals surface area contributed by atoms with Crippen LogP contribution in [0.5, 0.6) is 11.5 Å². The van der Waals surface area contributed by atoms with E-state index in [2.05, 4.69) is 36.3 Å². The Bertz CT molecular complexity index is 1060. The molecule has 3 rings (SSSR count). The van der Waals surface area contributed by atoms with Crippen LogP contribution in [0.4, 0.5) is 5.69 Å². The summed E-state index contributed by atoms with van der Waals surface area (Å²) in [6.07, 6.45) is 8.50. The van der Waals surface area contributed by atoms with Crippen molar-refractivity contribution >= 4 is 18.3 Å². The topological polar surface area (TPSA) is 53.5 Å². The Morgan fingerprint density at radius 3 is 2.43 bits per heavy atom. The monoisotopic (exact) mass is 409 g/mol. The maximum Gasteiger partial charge on any atom is 0.242 e. The van der Waals surface area contributed by atoms with Crippen LogP contribution in [0.2, 0.25) is 0 Å². The first kappa shape index (κ1) is 21.8. The molecule has 6 nitrogen and oxygen atoms in total. The highest BCUT2D eigenvalue weighted by molar-refractivity contribution is 5.51. The van der Waals surface area contributed by atoms with Gasteiger partial charge >= 0.3 is 0 Å². The smallest absolute Gasteiger partial charge is 0.242 e. The molecule has 0 aliphatic carbocycles. The molecule has 0 atom stereocenters. The second kappa shape index (κ2) is 9.30. The number of aromatic nitrogens is 1. The van der Waals surface area contributed by atoms with Gasteiger partial charge in [-0.25, -0.2) is 0 Å². The van der Waals surface area contributed by atoms with Gasteiger partial charge in [-0.2, -0.15) is 0 Å². The SMILES string of the molecule is C=c1c(C2CCN(C)CC2)cn(C)c1=CC(=CC)[N+](=N)c1ccc(OC)c(OC)c1. The maximum atomic E-state index is 8.69. The molecule has 0 bridgehead atoms. The van der Waals surface area contributed by atoms with Crippen molar-refractivity contribution < 1.29 is 14.2 Å². The van der Waals surface area contributed by atoms with Gasteiger partial charge in [-0.3, -0.25) is 0 Å². The number of aryl methyl sites for hydroxylation is 1. The Kier molecular flexibility index (Phi) is 6.77. The van der Waals surface area contributed by atoms with Crippen LogP contribution in [-0.4, -0.2) is 48.5 Å². The molecule has 0 radical (unpaired) electrons. The van der Waals surface area contributed by atoms with E-state index >= 15 is 0 Å². The molecule has 0 amide bonds. The molecule has 0 unspecified atom stereocenters. The molecule has 160 valence electrons. The summed E-state index contributed by atoms with van der Waals surface area (Å²) < 4.78 is 14.2. The molecule has 2 heterocycles. The van der Waals surface area contributed by atoms with E-state index in [1.165, 1.54) is 10.3 Å². The predicted octanol–water partition coefficient (Wildman–Crippen LogP) is 3.32. The lowest BCUT2D eigenvalue weighted by molar-refractivity contribution is -0.477. The minimum atomic E-state index is 0.550. The van der Waals surface area contributed by atoms with Gasteiger partial charge in [0.2, 0.25) is 11.4 Å². The fourth-order valence-electron chi connectivity index (χ4n) is 4.11. The van der Waals surface area contributed by atoms with Crippen LogP contribution < -0.4 is 20.0 Å². The maximum absolute atomic E-state index is 8.69. The van der Waals surface area contributed by atoms with Gasteiger partial charge in [-0.15, -0.1) is 0 Å². The lowest BCUT2D eigenvalue weighted by Gasteiger charge is -2.28. The largest absolute Gasteiger partial charge is 0.493 e. The van der Waals surface area contributed by atoms with Crippen molar-refractivity contribution in [3.63, 3.8) is 0 Å². The molecule has 2 aromatic rings. The lowest BCUT2D eigenvalue weighted by Crippen LogP contribution is -2.33. The second-order valence-corrected chi connectivity index (χ2v) is 7.87. The normalized spacial score (nSPS) is 16.7. The first-order valence-electron chi connectivity index (χ1n) is 10.3. The zero-order valence-electron chi connectivity index (χ0n) is 18.7. The van der Waals surface area contributed by atoms with Gasteiger partial charge in [0.1, 0.15) is 0 Å². The van der Waals surface area contributed by atoms with Crippen molar-refractivity contribution in [3.05, 3.63) is 52.3 Å². The molecule has 1 aromatic carbocycles. The second-order valence-electron chi connectivity index (χ2n) is 7.87. The number of piperidine rings is 1. The fourth-order valence-corrected chi connectivity index (χ4v) is 4.11. The van der Waals surface area contributed by atoms with Gasteiger partial charge in [0.15, 0.2) is 11.5 Å². The third kappa shape index (κ3) is 4.33. The highest BCUT2D eigenvalue weighted by Gasteiger charge is 2.22. The van der Waals surface area contributed by atoms with E-state index in [0.717, 1.165) is 42.2 Å². The summed E-state index contributed by atoms with van der Waals surface area (Å²) in [6, 6.07) is 5.48. The van der Waals surface area contributed by atoms with Crippen molar-refractivity contribution in [1.29, 1.82) is 5.53 Å². The first-order valence-corrected chi connectivity index (χ1v) is 10.3. The Labute approximate surface area is 178 Å². The van der Waals surface area contributed by atoms with E-state index < -0.39 is 0 Å². The number of hydrogen-bond acceptors (Lipinski definition) is 4. The number of benzene rings is 1. The van der Waals surface area contributed by atoms with Gasteiger partial charge in [0.05, 0.1) is 25.6 Å². The highest BCUT2D eigenvalue weighted by atomic mass is 16.5. The first-order chi connectivity index (χ1) is 14.4. The average molecular weight is 410 g/mol. The summed E-state index contributed by atoms with van der Waals surface area (Å²) in [5.41, 5.74) is 11.5. The highest BCUT2D eigenvalue weighted by Crippen LogP contribution is 2.32. The standard InChI is InChI=1S/C24H33N4O2/c1-7-19(28(25)20-8-9-23(29-5)24(15-20)30-6)14-22-17(2)21(16-27(22)4)18-10-12-26(3)13-11-18/h7-9,14-16,18,25H,2,10-13H2,1,3-6H3/q+1. The third-order valence-electron chi connectivity index (χ3n) is 5.99. The van der Waals surface area contributed by atoms with Crippen LogP contribution in [0, 0.1) is 5.53 Å². The molecule has 0 spiro atoms. The van der Waals surface area contributed by atoms with E-state index in [1.807, 2.05) is 37.3 Å². The lowest BCUT2D eigenvalue weighted by atomic mass is 9.90. The van der Waals surface area contributed by atoms with Crippen LogP contribution in [0.25, 0.3) is 12.7 Å². The quantitative estimate of drug-likeness (QED) is 0.588. The van der Waals surface area contributed by atoms with Crippen molar-refractivity contribution in [2.75, 3.05) is 34.4 Å². The molecule has 1 saturated heterocycles. The van der Waals surface area contributed by atoms with E-state index in [-0.39, 0.29) is 0 Å². The number of ether oxygens (including phenoxy) is 2. The minimum absolute atomic E-state index is 0.550. The van der Waals surface area contributed by atoms with E-state index in [0.29, 0.717) is 23.1 Å². The molecule has 1 fully saturated rings. The molecular weight excluding hydrogens is 376 g/mol. The molecule has 30 heavy (non-hydrogen) atoms. The molecule has 1 aliphatic heterocycles. The summed E-state index contributed by atoms with van der Waals surface area (Å²) >= 11 is 0. The molecule has 1 N–H and O–H groups in total. The van der Waals surface area contributed by atoms with Gasteiger partial charge in [-0.1, -0.05) is 11.3 Å². The number of nitrogens with one attached hydrogen (secondary N) is 1. The van der Waals surface area contributed by atoms with Crippen LogP contribution in [0.3, 0.4) is 0 Å². The number of rotatable bonds is 6. The number of allylic oxidation sites excluding steroid dienone is 2. The Morgan fingerprint density at radius 1 is 1.17 bits per heavy atom. The zero-order valence-corrected chi connectivity index (χ0v) is 18.7. The number of hydrogen-bond donors (Lipinski definition) is 1. The number of nitrogens with zero attached hydrogens (tertiary/aromatic N) is 3. The van der Waals surface area contributed by atoms with Crippen molar-refractivity contribution in [2.45, 2.75) is 25.7 Å². The predicted molar refractivity (Wildman–Crippen MR) is 120 cm³/mol. The van der Waals surface area contributed by atoms with E-state index in [9.17, 15) is 0 Å². The van der Waals surface area contributed by atoms with E-state index in [4.69, 9.17) is 15.0 Å². The van der Waals surface area contributed by atoms with Crippen LogP contribution in [0.1, 0.15) is 31.2 Å². The Morgan fingerprint density at radius 2 is 1.83 bits per heavy atom. The van der Waals surface area contributed by atoms with Crippen molar-refractivity contribution in [3.8, 4) is 11.5 Å². The Balaban J connectivity index is 1.95. The third-order valence-corrected chi connectivity index (χ3v) is 5.99. The summed E-state index contributed by atoms with van der Waals surface area (Å²) in [5, 5.41) is 2.10. The van der Waals surface area contributed by atoms with Crippen molar-refractivity contribution in [1.82, 2.24) is 9.47 Å². The molecule has 1 aliphatic rings. The fraction of sp³-hybridized carbons (Fsp3) is 0.417. The average Bonchev–Trinajstić information content (AvgIpc) is 3.04. The number of methoxy groups -OCH3 is 2. The van der Waals surface area contributed by atoms with E-state index in [1.54, 1.807) is 14.2 Å². The molecule has 0 saturated carbocycles. The molecular formula is C24H33N4O2+. The summed E-state index contributed by atoms with van der Waals surface area (Å²) in [7, 11) is 7.44. The molecule has 6 heteroatoms. The van der Waals surface area contributed by atoms with Gasteiger partial charge in [0.25, 0.3) is 0 Å². The van der Waals surface area contributed by atoms with Gasteiger partial charge in [-0.05, 0) is 74.3 Å². The van der Waals surface area contributed by atoms with Gasteiger partial charge in [0, 0.05) is 25.4 Å². The number of likely N-dealkylation sites (tertiary alicyclic amines) is 1. The molecule has 1 aromatic heterocycles. The Hall–Kier alpha value is -2.86. The van der Waals surface area contributed by atoms with Crippen LogP contribution >= 0.6 is 0 Å². The summed E-state index contributed by atoms with van der Waals surface area (Å²) in [6.45, 7) is 8.58. The zero-order chi connectivity index (χ0) is 21.8. The minimum Gasteiger partial charge on any atom is -0.493 e. The van der Waals surface area contributed by atoms with Crippen LogP contribution in [0.15, 0.2) is 36.2 Å². The summed E-state index contributed by atoms with van der Waals surface area (Å²) in [5.74, 6) is 1.80. The summed E-state index contributed by atoms with van der Waals surface area (Å²) in [4.78, 5) is 2.38. The van der Waals surface area contributed by atoms with Gasteiger partial charge < -0.3 is 18.9 Å². The van der Waals surface area contributed by atoms with Crippen molar-refractivity contribution in [2.24, 2.45) is 7.05 Å².